The second-order valence-corrected chi connectivity index (χ2v) is 12.0. The highest BCUT2D eigenvalue weighted by molar-refractivity contribution is 7.85. The maximum absolute atomic E-state index is 12.8. The number of hydroxylamine groups is 2. The van der Waals surface area contributed by atoms with E-state index in [0.29, 0.717) is 17.9 Å². The van der Waals surface area contributed by atoms with Crippen molar-refractivity contribution in [3.63, 3.8) is 0 Å². The Hall–Kier alpha value is -2.79. The van der Waals surface area contributed by atoms with E-state index in [4.69, 9.17) is 9.39 Å². The highest BCUT2D eigenvalue weighted by Gasteiger charge is 2.35. The van der Waals surface area contributed by atoms with Crippen molar-refractivity contribution in [2.24, 2.45) is 0 Å². The van der Waals surface area contributed by atoms with Crippen LogP contribution in [0.15, 0.2) is 30.3 Å². The first kappa shape index (κ1) is 33.4. The summed E-state index contributed by atoms with van der Waals surface area (Å²) in [5, 5.41) is 3.23. The van der Waals surface area contributed by atoms with E-state index in [1.165, 1.54) is 19.3 Å². The van der Waals surface area contributed by atoms with Gasteiger partial charge >= 0.3 is 5.97 Å². The monoisotopic (exact) mass is 580 g/mol. The van der Waals surface area contributed by atoms with Crippen molar-refractivity contribution in [2.45, 2.75) is 115 Å². The Morgan fingerprint density at radius 1 is 0.800 bits per heavy atom. The second kappa shape index (κ2) is 18.5. The lowest BCUT2D eigenvalue weighted by atomic mass is 10.0. The van der Waals surface area contributed by atoms with Gasteiger partial charge in [-0.2, -0.15) is 8.42 Å². The van der Waals surface area contributed by atoms with Gasteiger partial charge < -0.3 is 10.2 Å². The van der Waals surface area contributed by atoms with Crippen molar-refractivity contribution in [2.75, 3.05) is 5.75 Å². The average molecular weight is 581 g/mol. The highest BCUT2D eigenvalue weighted by Crippen LogP contribution is 2.15. The Kier molecular flexibility index (Phi) is 15.5. The van der Waals surface area contributed by atoms with Gasteiger partial charge in [0.05, 0.1) is 5.75 Å². The first-order valence-electron chi connectivity index (χ1n) is 14.5. The smallest absolute Gasteiger partial charge is 0.342 e. The minimum Gasteiger partial charge on any atom is -0.342 e. The number of hydrogen-bond acceptors (Lipinski definition) is 7. The fraction of sp³-hybridized carbons (Fsp3) is 0.655. The number of carbonyl (C=O) groups is 4. The van der Waals surface area contributed by atoms with E-state index >= 15 is 0 Å². The molecule has 10 nitrogen and oxygen atoms in total. The Balaban J connectivity index is 1.56. The van der Waals surface area contributed by atoms with Gasteiger partial charge in [0.1, 0.15) is 6.04 Å². The van der Waals surface area contributed by atoms with Gasteiger partial charge in [-0.05, 0) is 18.4 Å². The van der Waals surface area contributed by atoms with Crippen LogP contribution < -0.4 is 5.32 Å². The van der Waals surface area contributed by atoms with Gasteiger partial charge in [0, 0.05) is 25.7 Å². The van der Waals surface area contributed by atoms with Gasteiger partial charge in [0.2, 0.25) is 5.91 Å². The van der Waals surface area contributed by atoms with Crippen LogP contribution in [0.2, 0.25) is 0 Å². The van der Waals surface area contributed by atoms with Gasteiger partial charge in [0.25, 0.3) is 21.9 Å². The molecule has 3 amide bonds. The fourth-order valence-corrected chi connectivity index (χ4v) is 5.20. The number of imide groups is 1. The van der Waals surface area contributed by atoms with E-state index < -0.39 is 33.9 Å². The van der Waals surface area contributed by atoms with Crippen LogP contribution in [0.1, 0.15) is 108 Å². The largest absolute Gasteiger partial charge is 0.355 e. The summed E-state index contributed by atoms with van der Waals surface area (Å²) in [7, 11) is -3.83. The molecule has 1 unspecified atom stereocenters. The second-order valence-electron chi connectivity index (χ2n) is 10.4. The Labute approximate surface area is 237 Å². The number of benzene rings is 1. The number of unbranched alkanes of at least 4 members (excludes halogenated alkanes) is 12. The minimum absolute atomic E-state index is 0.00580. The van der Waals surface area contributed by atoms with Crippen LogP contribution >= 0.6 is 0 Å². The SMILES string of the molecule is O=C(CCCCCCCCCCCCCCCS(=O)(=O)O)NC(Cc1ccccc1)C(=O)ON1C(=O)CCC1=O. The molecule has 1 saturated heterocycles. The third-order valence-electron chi connectivity index (χ3n) is 6.90. The van der Waals surface area contributed by atoms with Crippen molar-refractivity contribution in [3.05, 3.63) is 35.9 Å². The molecule has 0 radical (unpaired) electrons. The summed E-state index contributed by atoms with van der Waals surface area (Å²) >= 11 is 0. The molecule has 2 N–H and O–H groups in total. The number of hydrogen-bond donors (Lipinski definition) is 2. The molecule has 0 aliphatic carbocycles. The molecule has 1 fully saturated rings. The molecule has 2 rings (SSSR count). The molecule has 0 aromatic heterocycles. The Bertz CT molecular complexity index is 1030. The normalized spacial score (nSPS) is 14.4. The molecule has 1 aromatic carbocycles. The topological polar surface area (TPSA) is 147 Å². The number of amides is 3. The van der Waals surface area contributed by atoms with Crippen LogP contribution in [0, 0.1) is 0 Å². The molecule has 0 saturated carbocycles. The van der Waals surface area contributed by atoms with Crippen LogP contribution in [0.4, 0.5) is 0 Å². The first-order chi connectivity index (χ1) is 19.2. The van der Waals surface area contributed by atoms with Gasteiger partial charge in [-0.25, -0.2) is 4.79 Å². The summed E-state index contributed by atoms with van der Waals surface area (Å²) in [5.74, 6) is -2.37. The number of carbonyl (C=O) groups excluding carboxylic acids is 4. The van der Waals surface area contributed by atoms with E-state index in [-0.39, 0.29) is 37.3 Å². The zero-order valence-corrected chi connectivity index (χ0v) is 24.2. The molecule has 0 bridgehead atoms. The summed E-state index contributed by atoms with van der Waals surface area (Å²) in [6, 6.07) is 8.15. The molecule has 40 heavy (non-hydrogen) atoms. The van der Waals surface area contributed by atoms with Crippen molar-refractivity contribution in [1.82, 2.24) is 10.4 Å². The van der Waals surface area contributed by atoms with E-state index in [0.717, 1.165) is 56.9 Å². The van der Waals surface area contributed by atoms with Crippen LogP contribution in [0.25, 0.3) is 0 Å². The van der Waals surface area contributed by atoms with E-state index in [1.807, 2.05) is 30.3 Å². The number of rotatable bonds is 21. The van der Waals surface area contributed by atoms with Crippen molar-refractivity contribution >= 4 is 33.8 Å². The zero-order chi connectivity index (χ0) is 29.2. The van der Waals surface area contributed by atoms with Gasteiger partial charge in [-0.3, -0.25) is 18.9 Å². The third kappa shape index (κ3) is 14.6. The molecule has 1 aliphatic heterocycles. The summed E-state index contributed by atoms with van der Waals surface area (Å²) < 4.78 is 30.0. The zero-order valence-electron chi connectivity index (χ0n) is 23.4. The number of nitrogens with one attached hydrogen (secondary N) is 1. The predicted molar refractivity (Wildman–Crippen MR) is 150 cm³/mol. The maximum Gasteiger partial charge on any atom is 0.355 e. The van der Waals surface area contributed by atoms with Gasteiger partial charge in [0.15, 0.2) is 0 Å². The van der Waals surface area contributed by atoms with Crippen molar-refractivity contribution < 1.29 is 37.0 Å². The Morgan fingerprint density at radius 2 is 1.27 bits per heavy atom. The molecular formula is C29H44N2O8S. The van der Waals surface area contributed by atoms with E-state index in [1.54, 1.807) is 0 Å². The lowest BCUT2D eigenvalue weighted by molar-refractivity contribution is -0.199. The minimum atomic E-state index is -3.83. The van der Waals surface area contributed by atoms with E-state index in [9.17, 15) is 27.6 Å². The quantitative estimate of drug-likeness (QED) is 0.121. The molecule has 1 aliphatic rings. The standard InChI is InChI=1S/C29H44N2O8S/c32-26(19-15-10-8-6-4-2-1-3-5-7-9-11-16-22-40(36,37)38)30-25(23-24-17-13-12-14-18-24)29(35)39-31-27(33)20-21-28(31)34/h12-14,17-18,25H,1-11,15-16,19-23H2,(H,30,32)(H,36,37,38). The lowest BCUT2D eigenvalue weighted by Gasteiger charge is -2.20. The molecule has 1 aromatic rings. The van der Waals surface area contributed by atoms with Gasteiger partial charge in [-0.1, -0.05) is 101 Å². The highest BCUT2D eigenvalue weighted by atomic mass is 32.2. The predicted octanol–water partition coefficient (Wildman–Crippen LogP) is 4.67. The van der Waals surface area contributed by atoms with Crippen LogP contribution in [-0.4, -0.2) is 53.5 Å². The summed E-state index contributed by atoms with van der Waals surface area (Å²) in [6.45, 7) is 0. The summed E-state index contributed by atoms with van der Waals surface area (Å²) in [6.07, 6.45) is 13.5. The van der Waals surface area contributed by atoms with E-state index in [2.05, 4.69) is 5.32 Å². The molecule has 1 atom stereocenters. The molecule has 0 spiro atoms. The number of nitrogens with zero attached hydrogens (tertiary/aromatic N) is 1. The Morgan fingerprint density at radius 3 is 1.77 bits per heavy atom. The molecule has 224 valence electrons. The maximum atomic E-state index is 12.8. The molecule has 11 heteroatoms. The van der Waals surface area contributed by atoms with Crippen LogP contribution in [0.3, 0.4) is 0 Å². The summed E-state index contributed by atoms with van der Waals surface area (Å²) in [5.41, 5.74) is 0.819. The van der Waals surface area contributed by atoms with Crippen molar-refractivity contribution in [3.8, 4) is 0 Å². The molecule has 1 heterocycles. The van der Waals surface area contributed by atoms with Gasteiger partial charge in [-0.15, -0.1) is 5.06 Å². The molecular weight excluding hydrogens is 536 g/mol. The summed E-state index contributed by atoms with van der Waals surface area (Å²) in [4.78, 5) is 54.0. The van der Waals surface area contributed by atoms with Crippen LogP contribution in [-0.2, 0) is 40.6 Å². The van der Waals surface area contributed by atoms with Crippen molar-refractivity contribution in [1.29, 1.82) is 0 Å². The average Bonchev–Trinajstić information content (AvgIpc) is 3.22. The fourth-order valence-electron chi connectivity index (χ4n) is 4.64. The lowest BCUT2D eigenvalue weighted by Crippen LogP contribution is -2.46. The third-order valence-corrected chi connectivity index (χ3v) is 7.70. The first-order valence-corrected chi connectivity index (χ1v) is 16.1. The van der Waals surface area contributed by atoms with Crippen LogP contribution in [0.5, 0.6) is 0 Å².